The normalized spacial score (nSPS) is 18.6. The summed E-state index contributed by atoms with van der Waals surface area (Å²) in [6, 6.07) is 72.0. The van der Waals surface area contributed by atoms with E-state index in [4.69, 9.17) is 0 Å². The second-order valence-electron chi connectivity index (χ2n) is 29.8. The van der Waals surface area contributed by atoms with Crippen molar-refractivity contribution in [2.75, 3.05) is 14.7 Å². The van der Waals surface area contributed by atoms with Crippen molar-refractivity contribution in [1.82, 2.24) is 0 Å². The van der Waals surface area contributed by atoms with Gasteiger partial charge in [0.2, 0.25) is 0 Å². The minimum atomic E-state index is -0.110. The summed E-state index contributed by atoms with van der Waals surface area (Å²) in [4.78, 5) is 8.13. The maximum absolute atomic E-state index is 2.77. The molecule has 2 aromatic heterocycles. The maximum atomic E-state index is 2.77. The molecule has 2 saturated carbocycles. The van der Waals surface area contributed by atoms with Crippen molar-refractivity contribution in [2.45, 2.75) is 136 Å². The molecule has 5 aliphatic rings. The second-order valence-corrected chi connectivity index (χ2v) is 31.9. The molecule has 0 radical (unpaired) electrons. The van der Waals surface area contributed by atoms with Crippen LogP contribution in [0.15, 0.2) is 182 Å². The SMILES string of the molecule is CC(C)(C)c1cc(N2c3cc(N(c4ccccc4)c4cccc5c4sc4ccccc45)cc4c3B(c3cc(C(C)(C)C)ccc3N4c3cccc4c3-c3ccccc3C43CC4CCC3C4)c3sc4ccc(C(C)(C)C)cc4c32)cc(C(C)(C)C)c1. The van der Waals surface area contributed by atoms with Crippen LogP contribution in [-0.2, 0) is 27.1 Å². The molecule has 16 rings (SSSR count). The average Bonchev–Trinajstić information content (AvgIpc) is 1.69. The van der Waals surface area contributed by atoms with Crippen molar-refractivity contribution in [1.29, 1.82) is 0 Å². The molecule has 0 N–H and O–H groups in total. The first-order valence-corrected chi connectivity index (χ1v) is 32.9. The molecule has 422 valence electrons. The van der Waals surface area contributed by atoms with Crippen LogP contribution in [0.4, 0.5) is 51.2 Å². The number of hydrogen-bond donors (Lipinski definition) is 0. The van der Waals surface area contributed by atoms with Gasteiger partial charge in [-0.2, -0.15) is 0 Å². The largest absolute Gasteiger partial charge is 0.311 e. The predicted octanol–water partition coefficient (Wildman–Crippen LogP) is 21.1. The van der Waals surface area contributed by atoms with Gasteiger partial charge in [-0.1, -0.05) is 199 Å². The van der Waals surface area contributed by atoms with E-state index in [-0.39, 0.29) is 33.8 Å². The molecule has 1 spiro atoms. The molecule has 85 heavy (non-hydrogen) atoms. The van der Waals surface area contributed by atoms with Crippen LogP contribution in [0.25, 0.3) is 41.4 Å². The van der Waals surface area contributed by atoms with Crippen LogP contribution in [0.1, 0.15) is 142 Å². The van der Waals surface area contributed by atoms with Crippen LogP contribution < -0.4 is 30.4 Å². The molecule has 11 aromatic rings. The van der Waals surface area contributed by atoms with Crippen molar-refractivity contribution in [2.24, 2.45) is 11.8 Å². The fraction of sp³-hybridized carbons (Fsp3) is 0.291. The fourth-order valence-corrected chi connectivity index (χ4v) is 18.7. The standard InChI is InChI=1S/C79H76BN3S2/c1-75(2,3)48-35-37-69-59(42-48)72-74(85-69)80-62-43-49(76(4,5)6)34-36-63(62)83(64-29-21-28-61-70(64)58-25-16-18-27-60(58)79(61)46-47-32-33-50(79)38-47)67-45-55(44-66(71(67)80)82(72)54-40-51(77(7,8)9)39-52(41-54)78(10,11)12)81(53-22-14-13-15-23-53)65-30-20-26-57-56-24-17-19-31-68(56)84-73(57)65/h13-31,34-37,39-45,47,50H,32-33,38,46H2,1-12H3. The molecule has 6 heteroatoms. The first-order valence-electron chi connectivity index (χ1n) is 31.3. The lowest BCUT2D eigenvalue weighted by atomic mass is 9.36. The summed E-state index contributed by atoms with van der Waals surface area (Å²) < 4.78 is 5.32. The lowest BCUT2D eigenvalue weighted by Gasteiger charge is -2.45. The van der Waals surface area contributed by atoms with Gasteiger partial charge in [-0.3, -0.25) is 0 Å². The number of hydrogen-bond acceptors (Lipinski definition) is 5. The highest BCUT2D eigenvalue weighted by atomic mass is 32.1. The van der Waals surface area contributed by atoms with Crippen LogP contribution in [0, 0.1) is 11.8 Å². The summed E-state index contributed by atoms with van der Waals surface area (Å²) in [7, 11) is 0. The Kier molecular flexibility index (Phi) is 11.5. The number of benzene rings is 9. The van der Waals surface area contributed by atoms with E-state index in [1.165, 1.54) is 150 Å². The number of rotatable bonds is 5. The van der Waals surface area contributed by atoms with Gasteiger partial charge in [0.25, 0.3) is 6.71 Å². The molecule has 9 aromatic carbocycles. The van der Waals surface area contributed by atoms with Crippen LogP contribution in [-0.4, -0.2) is 6.71 Å². The van der Waals surface area contributed by atoms with Crippen molar-refractivity contribution < 1.29 is 0 Å². The summed E-state index contributed by atoms with van der Waals surface area (Å²) in [6.07, 6.45) is 5.24. The van der Waals surface area contributed by atoms with Crippen LogP contribution in [0.5, 0.6) is 0 Å². The van der Waals surface area contributed by atoms with Crippen LogP contribution in [0.2, 0.25) is 0 Å². The van der Waals surface area contributed by atoms with Gasteiger partial charge < -0.3 is 14.7 Å². The highest BCUT2D eigenvalue weighted by molar-refractivity contribution is 7.33. The maximum Gasteiger partial charge on any atom is 0.264 e. The Labute approximate surface area is 512 Å². The third kappa shape index (κ3) is 7.89. The van der Waals surface area contributed by atoms with Gasteiger partial charge in [0.15, 0.2) is 0 Å². The van der Waals surface area contributed by atoms with Crippen LogP contribution >= 0.6 is 22.7 Å². The Hall–Kier alpha value is -7.38. The zero-order valence-electron chi connectivity index (χ0n) is 51.5. The third-order valence-corrected chi connectivity index (χ3v) is 22.9. The van der Waals surface area contributed by atoms with Gasteiger partial charge in [0, 0.05) is 69.8 Å². The molecule has 0 saturated heterocycles. The van der Waals surface area contributed by atoms with E-state index in [1.807, 2.05) is 22.7 Å². The fourth-order valence-electron chi connectivity index (χ4n) is 16.2. The van der Waals surface area contributed by atoms with Crippen molar-refractivity contribution in [3.8, 4) is 11.1 Å². The van der Waals surface area contributed by atoms with Gasteiger partial charge in [-0.15, -0.1) is 22.7 Å². The summed E-state index contributed by atoms with van der Waals surface area (Å²) in [5.74, 6) is 1.42. The van der Waals surface area contributed by atoms with Gasteiger partial charge >= 0.3 is 0 Å². The summed E-state index contributed by atoms with van der Waals surface area (Å²) in [6.45, 7) is 28.6. The Morgan fingerprint density at radius 2 is 1.12 bits per heavy atom. The molecule has 0 amide bonds. The van der Waals surface area contributed by atoms with Crippen LogP contribution in [0.3, 0.4) is 0 Å². The monoisotopic (exact) mass is 1140 g/mol. The Bertz CT molecular complexity index is 4560. The molecular formula is C79H76BN3S2. The van der Waals surface area contributed by atoms with Gasteiger partial charge in [-0.25, -0.2) is 0 Å². The molecule has 2 bridgehead atoms. The first-order chi connectivity index (χ1) is 40.6. The van der Waals surface area contributed by atoms with E-state index in [2.05, 4.69) is 280 Å². The quantitative estimate of drug-likeness (QED) is 0.159. The van der Waals surface area contributed by atoms with E-state index < -0.39 is 0 Å². The summed E-state index contributed by atoms with van der Waals surface area (Å²) >= 11 is 3.93. The topological polar surface area (TPSA) is 9.72 Å². The predicted molar refractivity (Wildman–Crippen MR) is 370 cm³/mol. The number of anilines is 9. The second kappa shape index (κ2) is 18.3. The Morgan fingerprint density at radius 1 is 0.482 bits per heavy atom. The molecular weight excluding hydrogens is 1070 g/mol. The lowest BCUT2D eigenvalue weighted by molar-refractivity contribution is 0.327. The van der Waals surface area contributed by atoms with E-state index in [0.29, 0.717) is 5.92 Å². The first kappa shape index (κ1) is 53.1. The minimum absolute atomic E-state index is 0.0218. The zero-order valence-corrected chi connectivity index (χ0v) is 53.2. The van der Waals surface area contributed by atoms with E-state index >= 15 is 0 Å². The number of nitrogens with zero attached hydrogens (tertiary/aromatic N) is 3. The minimum Gasteiger partial charge on any atom is -0.311 e. The Morgan fingerprint density at radius 3 is 1.84 bits per heavy atom. The van der Waals surface area contributed by atoms with Crippen molar-refractivity contribution in [3.63, 3.8) is 0 Å². The smallest absolute Gasteiger partial charge is 0.264 e. The molecule has 3 unspecified atom stereocenters. The van der Waals surface area contributed by atoms with E-state index in [9.17, 15) is 0 Å². The van der Waals surface area contributed by atoms with Crippen molar-refractivity contribution in [3.05, 3.63) is 215 Å². The van der Waals surface area contributed by atoms with Gasteiger partial charge in [0.05, 0.1) is 27.4 Å². The van der Waals surface area contributed by atoms with E-state index in [0.717, 1.165) is 17.3 Å². The number of fused-ring (bicyclic) bond motifs is 17. The molecule has 3 aliphatic carbocycles. The molecule has 3 atom stereocenters. The van der Waals surface area contributed by atoms with E-state index in [1.54, 1.807) is 5.56 Å². The summed E-state index contributed by atoms with van der Waals surface area (Å²) in [5.41, 5.74) is 24.7. The van der Waals surface area contributed by atoms with Crippen molar-refractivity contribution >= 4 is 127 Å². The van der Waals surface area contributed by atoms with Gasteiger partial charge in [0.1, 0.15) is 0 Å². The Balaban J connectivity index is 1.08. The zero-order chi connectivity index (χ0) is 58.4. The summed E-state index contributed by atoms with van der Waals surface area (Å²) in [5, 5.41) is 3.91. The molecule has 2 aliphatic heterocycles. The molecule has 3 nitrogen and oxygen atoms in total. The lowest BCUT2D eigenvalue weighted by Crippen LogP contribution is -2.60. The average molecular weight is 1140 g/mol. The van der Waals surface area contributed by atoms with Gasteiger partial charge in [-0.05, 0) is 175 Å². The number of thiophene rings is 2. The highest BCUT2D eigenvalue weighted by Crippen LogP contribution is 2.67. The number of para-hydroxylation sites is 1. The molecule has 2 fully saturated rings. The third-order valence-electron chi connectivity index (χ3n) is 20.5. The highest BCUT2D eigenvalue weighted by Gasteiger charge is 2.58. The molecule has 4 heterocycles.